The number of amides is 1. The predicted octanol–water partition coefficient (Wildman–Crippen LogP) is 3.07. The monoisotopic (exact) mass is 441 g/mol. The number of halogens is 2. The first-order valence-corrected chi connectivity index (χ1v) is 9.79. The van der Waals surface area contributed by atoms with Gasteiger partial charge in [-0.05, 0) is 50.0 Å². The van der Waals surface area contributed by atoms with Gasteiger partial charge in [-0.3, -0.25) is 14.4 Å². The maximum absolute atomic E-state index is 12.6. The zero-order chi connectivity index (χ0) is 19.2. The number of likely N-dealkylation sites (N-methyl/N-ethyl adjacent to an activating group) is 1. The second-order valence-electron chi connectivity index (χ2n) is 7.67. The van der Waals surface area contributed by atoms with E-state index in [1.54, 1.807) is 17.9 Å². The number of benzene rings is 1. The van der Waals surface area contributed by atoms with Gasteiger partial charge in [-0.25, -0.2) is 0 Å². The molecule has 8 heteroatoms. The van der Waals surface area contributed by atoms with Crippen LogP contribution >= 0.6 is 24.8 Å². The van der Waals surface area contributed by atoms with Crippen molar-refractivity contribution in [2.45, 2.75) is 38.9 Å². The number of aryl methyl sites for hydroxylation is 1. The average Bonchev–Trinajstić information content (AvgIpc) is 3.09. The Morgan fingerprint density at radius 2 is 1.93 bits per heavy atom. The van der Waals surface area contributed by atoms with Gasteiger partial charge in [0, 0.05) is 31.9 Å². The van der Waals surface area contributed by atoms with Crippen molar-refractivity contribution in [2.75, 3.05) is 20.1 Å². The first-order valence-electron chi connectivity index (χ1n) is 9.79. The lowest BCUT2D eigenvalue weighted by Crippen LogP contribution is -2.35. The summed E-state index contributed by atoms with van der Waals surface area (Å²) in [5.74, 6) is 0.809. The van der Waals surface area contributed by atoms with E-state index >= 15 is 0 Å². The van der Waals surface area contributed by atoms with E-state index in [0.29, 0.717) is 6.54 Å². The van der Waals surface area contributed by atoms with Crippen LogP contribution in [0.15, 0.2) is 36.7 Å². The molecule has 6 nitrogen and oxygen atoms in total. The molecule has 1 unspecified atom stereocenters. The molecule has 2 heterocycles. The average molecular weight is 442 g/mol. The highest BCUT2D eigenvalue weighted by atomic mass is 35.5. The highest BCUT2D eigenvalue weighted by molar-refractivity contribution is 5.85. The Kier molecular flexibility index (Phi) is 10.7. The highest BCUT2D eigenvalue weighted by Gasteiger charge is 2.20. The summed E-state index contributed by atoms with van der Waals surface area (Å²) in [6, 6.07) is 8.14. The molecule has 162 valence electrons. The molecule has 1 aromatic carbocycles. The maximum Gasteiger partial charge on any atom is 0.242 e. The maximum atomic E-state index is 12.6. The van der Waals surface area contributed by atoms with Crippen LogP contribution in [0, 0.1) is 5.92 Å². The lowest BCUT2D eigenvalue weighted by molar-refractivity contribution is -0.123. The third-order valence-corrected chi connectivity index (χ3v) is 5.35. The predicted molar refractivity (Wildman–Crippen MR) is 121 cm³/mol. The number of carbonyl (C=O) groups is 1. The van der Waals surface area contributed by atoms with Gasteiger partial charge in [-0.2, -0.15) is 5.10 Å². The van der Waals surface area contributed by atoms with Crippen molar-refractivity contribution >= 4 is 30.7 Å². The summed E-state index contributed by atoms with van der Waals surface area (Å²) in [6.45, 7) is 6.21. The van der Waals surface area contributed by atoms with Crippen molar-refractivity contribution in [1.82, 2.24) is 25.3 Å². The minimum Gasteiger partial charge on any atom is -0.350 e. The number of aromatic nitrogens is 2. The molecule has 0 radical (unpaired) electrons. The van der Waals surface area contributed by atoms with Crippen LogP contribution < -0.4 is 10.6 Å². The number of hydrogen-bond acceptors (Lipinski definition) is 4. The normalized spacial score (nSPS) is 15.8. The van der Waals surface area contributed by atoms with Crippen LogP contribution in [0.2, 0.25) is 0 Å². The number of piperidine rings is 1. The Hall–Kier alpha value is -1.60. The first-order chi connectivity index (χ1) is 13.0. The van der Waals surface area contributed by atoms with Gasteiger partial charge < -0.3 is 10.6 Å². The van der Waals surface area contributed by atoms with Gasteiger partial charge in [0.2, 0.25) is 5.91 Å². The molecule has 3 rings (SSSR count). The molecule has 0 spiro atoms. The third kappa shape index (κ3) is 7.30. The van der Waals surface area contributed by atoms with Crippen molar-refractivity contribution in [2.24, 2.45) is 13.0 Å². The fourth-order valence-corrected chi connectivity index (χ4v) is 3.65. The van der Waals surface area contributed by atoms with Crippen molar-refractivity contribution in [3.8, 4) is 0 Å². The van der Waals surface area contributed by atoms with E-state index in [0.717, 1.165) is 23.6 Å². The molecule has 1 aliphatic heterocycles. The van der Waals surface area contributed by atoms with Gasteiger partial charge >= 0.3 is 0 Å². The molecule has 0 bridgehead atoms. The molecule has 0 saturated carbocycles. The summed E-state index contributed by atoms with van der Waals surface area (Å²) >= 11 is 0. The SMILES string of the molecule is CNC(C(=O)NCc1cccc(CN2CCC(C)CC2)c1)c1cnn(C)c1.Cl.Cl. The lowest BCUT2D eigenvalue weighted by atomic mass is 9.98. The number of carbonyl (C=O) groups excluding carboxylic acids is 1. The molecule has 1 fully saturated rings. The number of likely N-dealkylation sites (tertiary alicyclic amines) is 1. The lowest BCUT2D eigenvalue weighted by Gasteiger charge is -2.30. The van der Waals surface area contributed by atoms with Crippen LogP contribution in [-0.4, -0.2) is 40.7 Å². The van der Waals surface area contributed by atoms with E-state index in [1.165, 1.54) is 31.5 Å². The quantitative estimate of drug-likeness (QED) is 0.692. The van der Waals surface area contributed by atoms with Gasteiger partial charge in [0.05, 0.1) is 6.20 Å². The zero-order valence-corrected chi connectivity index (χ0v) is 19.1. The van der Waals surface area contributed by atoms with Crippen LogP contribution in [0.25, 0.3) is 0 Å². The van der Waals surface area contributed by atoms with Gasteiger partial charge in [-0.1, -0.05) is 31.2 Å². The van der Waals surface area contributed by atoms with E-state index in [-0.39, 0.29) is 30.7 Å². The van der Waals surface area contributed by atoms with Gasteiger partial charge in [0.25, 0.3) is 0 Å². The van der Waals surface area contributed by atoms with Crippen molar-refractivity contribution in [1.29, 1.82) is 0 Å². The molecule has 2 N–H and O–H groups in total. The summed E-state index contributed by atoms with van der Waals surface area (Å²) < 4.78 is 1.71. The fourth-order valence-electron chi connectivity index (χ4n) is 3.65. The molecule has 1 aliphatic rings. The summed E-state index contributed by atoms with van der Waals surface area (Å²) in [6.07, 6.45) is 6.16. The molecule has 1 amide bonds. The van der Waals surface area contributed by atoms with E-state index in [9.17, 15) is 4.79 Å². The van der Waals surface area contributed by atoms with Crippen molar-refractivity contribution in [3.05, 3.63) is 53.3 Å². The van der Waals surface area contributed by atoms with Crippen molar-refractivity contribution in [3.63, 3.8) is 0 Å². The van der Waals surface area contributed by atoms with Gasteiger partial charge in [0.1, 0.15) is 6.04 Å². The summed E-state index contributed by atoms with van der Waals surface area (Å²) in [4.78, 5) is 15.1. The second-order valence-corrected chi connectivity index (χ2v) is 7.67. The van der Waals surface area contributed by atoms with E-state index in [4.69, 9.17) is 0 Å². The zero-order valence-electron chi connectivity index (χ0n) is 17.4. The molecule has 29 heavy (non-hydrogen) atoms. The molecule has 1 atom stereocenters. The Bertz CT molecular complexity index is 759. The number of hydrogen-bond donors (Lipinski definition) is 2. The van der Waals surface area contributed by atoms with Gasteiger partial charge in [-0.15, -0.1) is 24.8 Å². The Balaban J connectivity index is 0.00000210. The molecule has 1 saturated heterocycles. The standard InChI is InChI=1S/C21H31N5O.2ClH/c1-16-7-9-26(10-8-16)14-18-6-4-5-17(11-18)12-23-21(27)20(22-2)19-13-24-25(3)15-19;;/h4-6,11,13,15-16,20,22H,7-10,12,14H2,1-3H3,(H,23,27);2*1H. The largest absolute Gasteiger partial charge is 0.350 e. The second kappa shape index (κ2) is 12.2. The Morgan fingerprint density at radius 1 is 1.24 bits per heavy atom. The summed E-state index contributed by atoms with van der Waals surface area (Å²) in [7, 11) is 3.64. The van der Waals surface area contributed by atoms with E-state index in [1.807, 2.05) is 13.2 Å². The summed E-state index contributed by atoms with van der Waals surface area (Å²) in [5, 5.41) is 10.3. The molecule has 2 aromatic rings. The first kappa shape index (κ1) is 25.4. The molecular weight excluding hydrogens is 409 g/mol. The van der Waals surface area contributed by atoms with E-state index in [2.05, 4.69) is 51.8 Å². The minimum atomic E-state index is -0.391. The van der Waals surface area contributed by atoms with Crippen LogP contribution in [0.4, 0.5) is 0 Å². The van der Waals surface area contributed by atoms with Crippen LogP contribution in [0.3, 0.4) is 0 Å². The summed E-state index contributed by atoms with van der Waals surface area (Å²) in [5.41, 5.74) is 3.31. The topological polar surface area (TPSA) is 62.2 Å². The van der Waals surface area contributed by atoms with Crippen LogP contribution in [0.5, 0.6) is 0 Å². The van der Waals surface area contributed by atoms with Crippen LogP contribution in [-0.2, 0) is 24.9 Å². The smallest absolute Gasteiger partial charge is 0.242 e. The van der Waals surface area contributed by atoms with Crippen molar-refractivity contribution < 1.29 is 4.79 Å². The molecule has 0 aliphatic carbocycles. The van der Waals surface area contributed by atoms with E-state index < -0.39 is 6.04 Å². The third-order valence-electron chi connectivity index (χ3n) is 5.35. The number of nitrogens with zero attached hydrogens (tertiary/aromatic N) is 3. The number of nitrogens with one attached hydrogen (secondary N) is 2. The fraction of sp³-hybridized carbons (Fsp3) is 0.524. The Labute approximate surface area is 186 Å². The molecular formula is C21H33Cl2N5O. The van der Waals surface area contributed by atoms with Crippen LogP contribution in [0.1, 0.15) is 42.5 Å². The highest BCUT2D eigenvalue weighted by Crippen LogP contribution is 2.18. The Morgan fingerprint density at radius 3 is 2.55 bits per heavy atom. The molecule has 1 aromatic heterocycles. The van der Waals surface area contributed by atoms with Gasteiger partial charge in [0.15, 0.2) is 0 Å². The minimum absolute atomic E-state index is 0. The number of rotatable bonds is 7.